The average Bonchev–Trinajstić information content (AvgIpc) is 2.85. The molecule has 2 N–H and O–H groups in total. The summed E-state index contributed by atoms with van der Waals surface area (Å²) in [6, 6.07) is 25.5. The number of carbonyl (C=O) groups is 2. The van der Waals surface area contributed by atoms with Gasteiger partial charge in [0, 0.05) is 28.6 Å². The minimum atomic E-state index is -0.798. The Hall–Kier alpha value is -3.25. The van der Waals surface area contributed by atoms with Crippen LogP contribution in [0.15, 0.2) is 88.7 Å². The molecule has 0 saturated carbocycles. The molecular formula is C28H32N2O3S. The highest BCUT2D eigenvalue weighted by Crippen LogP contribution is 2.32. The van der Waals surface area contributed by atoms with E-state index in [0.717, 1.165) is 39.4 Å². The van der Waals surface area contributed by atoms with E-state index in [0.29, 0.717) is 19.5 Å². The second kappa shape index (κ2) is 12.8. The highest BCUT2D eigenvalue weighted by Gasteiger charge is 2.18. The molecule has 0 aliphatic heterocycles. The molecule has 0 aromatic heterocycles. The number of nitrogens with zero attached hydrogens (tertiary/aromatic N) is 1. The number of hydrogen-bond donors (Lipinski definition) is 2. The Balaban J connectivity index is 1.72. The average molecular weight is 477 g/mol. The summed E-state index contributed by atoms with van der Waals surface area (Å²) in [6.07, 6.45) is 2.47. The SMILES string of the molecule is CCCCN(C(=O)NCc1ccccc1)c1cccc(Sc2ccc(C(CC)C(=O)O)cc2)c1. The van der Waals surface area contributed by atoms with Gasteiger partial charge in [-0.25, -0.2) is 4.79 Å². The number of nitrogens with one attached hydrogen (secondary N) is 1. The molecule has 0 heterocycles. The number of unbranched alkanes of at least 4 members (excludes halogenated alkanes) is 1. The summed E-state index contributed by atoms with van der Waals surface area (Å²) in [7, 11) is 0. The quantitative estimate of drug-likeness (QED) is 0.315. The fourth-order valence-electron chi connectivity index (χ4n) is 3.71. The van der Waals surface area contributed by atoms with Crippen LogP contribution in [0.4, 0.5) is 10.5 Å². The van der Waals surface area contributed by atoms with Gasteiger partial charge in [0.05, 0.1) is 5.92 Å². The number of rotatable bonds is 11. The number of hydrogen-bond acceptors (Lipinski definition) is 3. The van der Waals surface area contributed by atoms with Gasteiger partial charge in [-0.1, -0.05) is 80.6 Å². The van der Waals surface area contributed by atoms with E-state index in [9.17, 15) is 14.7 Å². The predicted octanol–water partition coefficient (Wildman–Crippen LogP) is 6.93. The number of aliphatic carboxylic acids is 1. The minimum Gasteiger partial charge on any atom is -0.481 e. The summed E-state index contributed by atoms with van der Waals surface area (Å²) in [4.78, 5) is 28.3. The van der Waals surface area contributed by atoms with Crippen LogP contribution in [0.3, 0.4) is 0 Å². The van der Waals surface area contributed by atoms with Crippen molar-refractivity contribution in [3.63, 3.8) is 0 Å². The molecule has 1 unspecified atom stereocenters. The van der Waals surface area contributed by atoms with Crippen LogP contribution >= 0.6 is 11.8 Å². The first-order chi connectivity index (χ1) is 16.5. The van der Waals surface area contributed by atoms with E-state index in [1.807, 2.05) is 85.8 Å². The number of benzene rings is 3. The Morgan fingerprint density at radius 1 is 0.941 bits per heavy atom. The molecule has 0 saturated heterocycles. The van der Waals surface area contributed by atoms with Gasteiger partial charge in [0.25, 0.3) is 0 Å². The van der Waals surface area contributed by atoms with E-state index < -0.39 is 11.9 Å². The number of anilines is 1. The monoisotopic (exact) mass is 476 g/mol. The van der Waals surface area contributed by atoms with Gasteiger partial charge in [0.2, 0.25) is 0 Å². The highest BCUT2D eigenvalue weighted by molar-refractivity contribution is 7.99. The lowest BCUT2D eigenvalue weighted by atomic mass is 9.97. The fraction of sp³-hybridized carbons (Fsp3) is 0.286. The summed E-state index contributed by atoms with van der Waals surface area (Å²) in [6.45, 7) is 5.13. The van der Waals surface area contributed by atoms with Crippen molar-refractivity contribution in [2.24, 2.45) is 0 Å². The molecule has 0 aliphatic carbocycles. The number of carbonyl (C=O) groups excluding carboxylic acids is 1. The number of urea groups is 1. The molecule has 0 radical (unpaired) electrons. The van der Waals surface area contributed by atoms with Gasteiger partial charge in [-0.05, 0) is 54.3 Å². The Bertz CT molecular complexity index is 1070. The van der Waals surface area contributed by atoms with Crippen LogP contribution in [-0.2, 0) is 11.3 Å². The third-order valence-electron chi connectivity index (χ3n) is 5.62. The fourth-order valence-corrected chi connectivity index (χ4v) is 4.58. The van der Waals surface area contributed by atoms with Crippen molar-refractivity contribution in [3.05, 3.63) is 90.0 Å². The summed E-state index contributed by atoms with van der Waals surface area (Å²) in [5.74, 6) is -1.28. The van der Waals surface area contributed by atoms with Gasteiger partial charge in [-0.2, -0.15) is 0 Å². The van der Waals surface area contributed by atoms with Crippen LogP contribution in [0.2, 0.25) is 0 Å². The Morgan fingerprint density at radius 3 is 2.32 bits per heavy atom. The molecule has 178 valence electrons. The Kier molecular flexibility index (Phi) is 9.59. The zero-order valence-electron chi connectivity index (χ0n) is 19.7. The van der Waals surface area contributed by atoms with Crippen molar-refractivity contribution < 1.29 is 14.7 Å². The molecule has 1 atom stereocenters. The summed E-state index contributed by atoms with van der Waals surface area (Å²) in [5.41, 5.74) is 2.73. The van der Waals surface area contributed by atoms with E-state index in [1.54, 1.807) is 16.7 Å². The number of amides is 2. The van der Waals surface area contributed by atoms with E-state index in [1.165, 1.54) is 0 Å². The van der Waals surface area contributed by atoms with Crippen LogP contribution in [0.5, 0.6) is 0 Å². The third-order valence-corrected chi connectivity index (χ3v) is 6.62. The smallest absolute Gasteiger partial charge is 0.322 e. The minimum absolute atomic E-state index is 0.108. The molecule has 0 aliphatic rings. The maximum absolute atomic E-state index is 13.0. The zero-order chi connectivity index (χ0) is 24.3. The van der Waals surface area contributed by atoms with E-state index in [-0.39, 0.29) is 6.03 Å². The maximum atomic E-state index is 13.0. The van der Waals surface area contributed by atoms with Gasteiger partial charge in [0.1, 0.15) is 0 Å². The zero-order valence-corrected chi connectivity index (χ0v) is 20.6. The molecule has 0 bridgehead atoms. The van der Waals surface area contributed by atoms with E-state index >= 15 is 0 Å². The van der Waals surface area contributed by atoms with E-state index in [4.69, 9.17) is 0 Å². The normalized spacial score (nSPS) is 11.6. The van der Waals surface area contributed by atoms with Crippen molar-refractivity contribution in [1.29, 1.82) is 0 Å². The molecule has 3 aromatic carbocycles. The van der Waals surface area contributed by atoms with Crippen molar-refractivity contribution in [3.8, 4) is 0 Å². The molecule has 6 heteroatoms. The lowest BCUT2D eigenvalue weighted by Crippen LogP contribution is -2.40. The molecule has 5 nitrogen and oxygen atoms in total. The summed E-state index contributed by atoms with van der Waals surface area (Å²) >= 11 is 1.60. The lowest BCUT2D eigenvalue weighted by molar-refractivity contribution is -0.138. The number of carboxylic acid groups (broad SMARTS) is 1. The predicted molar refractivity (Wildman–Crippen MR) is 139 cm³/mol. The lowest BCUT2D eigenvalue weighted by Gasteiger charge is -2.24. The van der Waals surface area contributed by atoms with Gasteiger partial charge >= 0.3 is 12.0 Å². The van der Waals surface area contributed by atoms with Crippen LogP contribution in [0.1, 0.15) is 50.2 Å². The van der Waals surface area contributed by atoms with Gasteiger partial charge < -0.3 is 10.4 Å². The molecule has 34 heavy (non-hydrogen) atoms. The second-order valence-electron chi connectivity index (χ2n) is 8.12. The van der Waals surface area contributed by atoms with Gasteiger partial charge in [-0.3, -0.25) is 9.69 Å². The van der Waals surface area contributed by atoms with Crippen LogP contribution < -0.4 is 10.2 Å². The largest absolute Gasteiger partial charge is 0.481 e. The molecular weight excluding hydrogens is 444 g/mol. The first kappa shape index (κ1) is 25.4. The van der Waals surface area contributed by atoms with Gasteiger partial charge in [0.15, 0.2) is 0 Å². The maximum Gasteiger partial charge on any atom is 0.322 e. The van der Waals surface area contributed by atoms with Crippen molar-refractivity contribution in [1.82, 2.24) is 5.32 Å². The topological polar surface area (TPSA) is 69.6 Å². The number of carboxylic acids is 1. The second-order valence-corrected chi connectivity index (χ2v) is 9.26. The molecule has 3 rings (SSSR count). The Morgan fingerprint density at radius 2 is 1.68 bits per heavy atom. The molecule has 0 spiro atoms. The first-order valence-electron chi connectivity index (χ1n) is 11.7. The first-order valence-corrected chi connectivity index (χ1v) is 12.5. The van der Waals surface area contributed by atoms with Crippen LogP contribution in [-0.4, -0.2) is 23.7 Å². The van der Waals surface area contributed by atoms with Crippen molar-refractivity contribution >= 4 is 29.4 Å². The summed E-state index contributed by atoms with van der Waals surface area (Å²) in [5, 5.41) is 12.4. The highest BCUT2D eigenvalue weighted by atomic mass is 32.2. The standard InChI is InChI=1S/C28H32N2O3S/c1-3-5-18-30(28(33)29-20-21-10-7-6-8-11-21)23-12-9-13-25(19-23)34-24-16-14-22(15-17-24)26(4-2)27(31)32/h6-17,19,26H,3-5,18,20H2,1-2H3,(H,29,33)(H,31,32). The van der Waals surface area contributed by atoms with Gasteiger partial charge in [-0.15, -0.1) is 0 Å². The molecule has 0 fully saturated rings. The van der Waals surface area contributed by atoms with Crippen LogP contribution in [0, 0.1) is 0 Å². The molecule has 3 aromatic rings. The molecule has 2 amide bonds. The van der Waals surface area contributed by atoms with Crippen molar-refractivity contribution in [2.75, 3.05) is 11.4 Å². The third kappa shape index (κ3) is 7.12. The van der Waals surface area contributed by atoms with Crippen LogP contribution in [0.25, 0.3) is 0 Å². The van der Waals surface area contributed by atoms with Crippen molar-refractivity contribution in [2.45, 2.75) is 55.4 Å². The van der Waals surface area contributed by atoms with E-state index in [2.05, 4.69) is 12.2 Å². The Labute approximate surface area is 206 Å². The summed E-state index contributed by atoms with van der Waals surface area (Å²) < 4.78 is 0.